The third-order valence-electron chi connectivity index (χ3n) is 2.97. The molecule has 2 aromatic rings. The summed E-state index contributed by atoms with van der Waals surface area (Å²) in [5.41, 5.74) is 4.03. The van der Waals surface area contributed by atoms with Crippen molar-refractivity contribution in [3.8, 4) is 0 Å². The van der Waals surface area contributed by atoms with E-state index in [-0.39, 0.29) is 11.9 Å². The Morgan fingerprint density at radius 2 is 2.00 bits per heavy atom. The van der Waals surface area contributed by atoms with Crippen molar-refractivity contribution < 1.29 is 4.79 Å². The van der Waals surface area contributed by atoms with Crippen molar-refractivity contribution >= 4 is 17.3 Å². The first-order valence-electron chi connectivity index (χ1n) is 6.60. The monoisotopic (exact) mass is 269 g/mol. The molecule has 104 valence electrons. The number of rotatable bonds is 4. The van der Waals surface area contributed by atoms with Crippen molar-refractivity contribution in [2.75, 3.05) is 10.6 Å². The molecule has 0 radical (unpaired) electrons. The number of hydrogen-bond donors (Lipinski definition) is 2. The molecule has 0 spiro atoms. The Labute approximate surface area is 119 Å². The lowest BCUT2D eigenvalue weighted by atomic mass is 10.1. The maximum absolute atomic E-state index is 11.1. The van der Waals surface area contributed by atoms with Crippen LogP contribution >= 0.6 is 0 Å². The molecule has 0 saturated carbocycles. The molecule has 2 rings (SSSR count). The Hall–Kier alpha value is -2.36. The van der Waals surface area contributed by atoms with Crippen molar-refractivity contribution in [3.63, 3.8) is 0 Å². The fraction of sp³-hybridized carbons (Fsp3) is 0.250. The highest BCUT2D eigenvalue weighted by molar-refractivity contribution is 5.88. The van der Waals surface area contributed by atoms with Gasteiger partial charge in [-0.25, -0.2) is 0 Å². The molecule has 0 bridgehead atoms. The molecule has 0 aliphatic heterocycles. The van der Waals surface area contributed by atoms with Crippen LogP contribution in [0.1, 0.15) is 31.0 Å². The first-order chi connectivity index (χ1) is 9.54. The fourth-order valence-corrected chi connectivity index (χ4v) is 2.06. The molecule has 0 fully saturated rings. The lowest BCUT2D eigenvalue weighted by Gasteiger charge is -2.16. The highest BCUT2D eigenvalue weighted by Gasteiger charge is 2.07. The normalized spacial score (nSPS) is 11.8. The number of nitrogens with one attached hydrogen (secondary N) is 2. The summed E-state index contributed by atoms with van der Waals surface area (Å²) in [5, 5.41) is 6.20. The van der Waals surface area contributed by atoms with E-state index in [0.717, 1.165) is 22.5 Å². The Morgan fingerprint density at radius 1 is 1.20 bits per heavy atom. The Balaban J connectivity index is 2.12. The molecule has 4 heteroatoms. The fourth-order valence-electron chi connectivity index (χ4n) is 2.06. The van der Waals surface area contributed by atoms with Gasteiger partial charge in [0.1, 0.15) is 0 Å². The molecule has 0 aliphatic carbocycles. The third-order valence-corrected chi connectivity index (χ3v) is 2.97. The molecule has 1 aromatic carbocycles. The van der Waals surface area contributed by atoms with E-state index in [0.29, 0.717) is 0 Å². The van der Waals surface area contributed by atoms with Gasteiger partial charge in [0.05, 0.1) is 5.69 Å². The number of pyridine rings is 1. The second-order valence-corrected chi connectivity index (χ2v) is 4.92. The van der Waals surface area contributed by atoms with Gasteiger partial charge in [-0.3, -0.25) is 9.78 Å². The van der Waals surface area contributed by atoms with E-state index in [1.807, 2.05) is 37.4 Å². The predicted octanol–water partition coefficient (Wildman–Crippen LogP) is 3.52. The smallest absolute Gasteiger partial charge is 0.221 e. The summed E-state index contributed by atoms with van der Waals surface area (Å²) in [4.78, 5) is 15.3. The van der Waals surface area contributed by atoms with Crippen molar-refractivity contribution in [1.29, 1.82) is 0 Å². The van der Waals surface area contributed by atoms with Gasteiger partial charge in [-0.05, 0) is 43.2 Å². The van der Waals surface area contributed by atoms with E-state index < -0.39 is 0 Å². The Bertz CT molecular complexity index is 610. The SMILES string of the molecule is CC(=O)Nc1cccc(C(C)Nc2cncc(C)c2)c1. The number of nitrogens with zero attached hydrogens (tertiary/aromatic N) is 1. The predicted molar refractivity (Wildman–Crippen MR) is 81.8 cm³/mol. The van der Waals surface area contributed by atoms with Crippen molar-refractivity contribution in [3.05, 3.63) is 53.9 Å². The zero-order valence-electron chi connectivity index (χ0n) is 12.0. The van der Waals surface area contributed by atoms with Crippen LogP contribution in [0.25, 0.3) is 0 Å². The second-order valence-electron chi connectivity index (χ2n) is 4.92. The molecule has 1 unspecified atom stereocenters. The molecule has 0 saturated heterocycles. The lowest BCUT2D eigenvalue weighted by molar-refractivity contribution is -0.114. The molecule has 20 heavy (non-hydrogen) atoms. The molecular formula is C16H19N3O. The number of benzene rings is 1. The molecular weight excluding hydrogens is 250 g/mol. The Kier molecular flexibility index (Phi) is 4.35. The molecule has 1 aromatic heterocycles. The molecule has 0 aliphatic rings. The van der Waals surface area contributed by atoms with Crippen LogP contribution in [0.4, 0.5) is 11.4 Å². The van der Waals surface area contributed by atoms with Crippen LogP contribution in [-0.4, -0.2) is 10.9 Å². The number of anilines is 2. The highest BCUT2D eigenvalue weighted by Crippen LogP contribution is 2.21. The zero-order chi connectivity index (χ0) is 14.5. The first-order valence-corrected chi connectivity index (χ1v) is 6.60. The van der Waals surface area contributed by atoms with E-state index in [2.05, 4.69) is 28.6 Å². The van der Waals surface area contributed by atoms with Crippen molar-refractivity contribution in [1.82, 2.24) is 4.98 Å². The third kappa shape index (κ3) is 3.82. The van der Waals surface area contributed by atoms with Crippen LogP contribution in [0.3, 0.4) is 0 Å². The summed E-state index contributed by atoms with van der Waals surface area (Å²) in [5.74, 6) is -0.0642. The van der Waals surface area contributed by atoms with E-state index in [1.165, 1.54) is 6.92 Å². The van der Waals surface area contributed by atoms with Crippen LogP contribution < -0.4 is 10.6 Å². The number of carbonyl (C=O) groups is 1. The van der Waals surface area contributed by atoms with E-state index in [4.69, 9.17) is 0 Å². The van der Waals surface area contributed by atoms with Gasteiger partial charge in [0.2, 0.25) is 5.91 Å². The molecule has 1 amide bonds. The van der Waals surface area contributed by atoms with Gasteiger partial charge >= 0.3 is 0 Å². The van der Waals surface area contributed by atoms with Crippen LogP contribution in [0.15, 0.2) is 42.7 Å². The van der Waals surface area contributed by atoms with E-state index in [1.54, 1.807) is 6.20 Å². The minimum atomic E-state index is -0.0642. The highest BCUT2D eigenvalue weighted by atomic mass is 16.1. The van der Waals surface area contributed by atoms with Crippen LogP contribution in [0, 0.1) is 6.92 Å². The van der Waals surface area contributed by atoms with Gasteiger partial charge in [0.15, 0.2) is 0 Å². The summed E-state index contributed by atoms with van der Waals surface area (Å²) < 4.78 is 0. The van der Waals surface area contributed by atoms with E-state index in [9.17, 15) is 4.79 Å². The van der Waals surface area contributed by atoms with Crippen LogP contribution in [0.5, 0.6) is 0 Å². The van der Waals surface area contributed by atoms with Gasteiger partial charge in [0, 0.05) is 31.0 Å². The second kappa shape index (κ2) is 6.19. The maximum atomic E-state index is 11.1. The number of carbonyl (C=O) groups excluding carboxylic acids is 1. The van der Waals surface area contributed by atoms with Gasteiger partial charge in [-0.1, -0.05) is 12.1 Å². The largest absolute Gasteiger partial charge is 0.377 e. The standard InChI is InChI=1S/C16H19N3O/c1-11-7-16(10-17-9-11)18-12(2)14-5-4-6-15(8-14)19-13(3)20/h4-10,12,18H,1-3H3,(H,19,20). The van der Waals surface area contributed by atoms with Crippen LogP contribution in [-0.2, 0) is 4.79 Å². The number of amides is 1. The lowest BCUT2D eigenvalue weighted by Crippen LogP contribution is -2.09. The molecule has 1 heterocycles. The number of hydrogen-bond acceptors (Lipinski definition) is 3. The maximum Gasteiger partial charge on any atom is 0.221 e. The molecule has 2 N–H and O–H groups in total. The quantitative estimate of drug-likeness (QED) is 0.893. The topological polar surface area (TPSA) is 54.0 Å². The zero-order valence-corrected chi connectivity index (χ0v) is 12.0. The summed E-state index contributed by atoms with van der Waals surface area (Å²) in [6, 6.07) is 10.0. The molecule has 1 atom stereocenters. The van der Waals surface area contributed by atoms with Crippen LogP contribution in [0.2, 0.25) is 0 Å². The van der Waals surface area contributed by atoms with Gasteiger partial charge in [0.25, 0.3) is 0 Å². The summed E-state index contributed by atoms with van der Waals surface area (Å²) in [6.07, 6.45) is 3.63. The average Bonchev–Trinajstić information content (AvgIpc) is 2.38. The average molecular weight is 269 g/mol. The van der Waals surface area contributed by atoms with Crippen molar-refractivity contribution in [2.45, 2.75) is 26.8 Å². The van der Waals surface area contributed by atoms with Crippen molar-refractivity contribution in [2.24, 2.45) is 0 Å². The minimum absolute atomic E-state index is 0.0642. The summed E-state index contributed by atoms with van der Waals surface area (Å²) >= 11 is 0. The Morgan fingerprint density at radius 3 is 2.70 bits per heavy atom. The molecule has 4 nitrogen and oxygen atoms in total. The van der Waals surface area contributed by atoms with Gasteiger partial charge in [-0.15, -0.1) is 0 Å². The first kappa shape index (κ1) is 14.1. The number of aromatic nitrogens is 1. The summed E-state index contributed by atoms with van der Waals surface area (Å²) in [6.45, 7) is 5.60. The van der Waals surface area contributed by atoms with E-state index >= 15 is 0 Å². The van der Waals surface area contributed by atoms with Gasteiger partial charge in [-0.2, -0.15) is 0 Å². The summed E-state index contributed by atoms with van der Waals surface area (Å²) in [7, 11) is 0. The van der Waals surface area contributed by atoms with Gasteiger partial charge < -0.3 is 10.6 Å². The minimum Gasteiger partial charge on any atom is -0.377 e. The number of aryl methyl sites for hydroxylation is 1.